The van der Waals surface area contributed by atoms with Crippen molar-refractivity contribution < 1.29 is 22.0 Å². The highest BCUT2D eigenvalue weighted by Crippen LogP contribution is 2.37. The predicted octanol–water partition coefficient (Wildman–Crippen LogP) is 5.12. The Morgan fingerprint density at radius 2 is 1.94 bits per heavy atom. The molecule has 1 aliphatic rings. The maximum atomic E-state index is 14.0. The van der Waals surface area contributed by atoms with Crippen LogP contribution in [0.25, 0.3) is 32.9 Å². The van der Waals surface area contributed by atoms with Gasteiger partial charge in [0.05, 0.1) is 23.2 Å². The number of aromatic amines is 1. The van der Waals surface area contributed by atoms with Gasteiger partial charge in [0.25, 0.3) is 5.92 Å². The van der Waals surface area contributed by atoms with Crippen molar-refractivity contribution in [3.8, 4) is 11.1 Å². The van der Waals surface area contributed by atoms with Crippen molar-refractivity contribution in [2.75, 3.05) is 5.32 Å². The van der Waals surface area contributed by atoms with Gasteiger partial charge >= 0.3 is 6.18 Å². The summed E-state index contributed by atoms with van der Waals surface area (Å²) in [5.41, 5.74) is 7.00. The molecule has 6 nitrogen and oxygen atoms in total. The molecule has 2 atom stereocenters. The number of fused-ring (bicyclic) bond motifs is 2. The van der Waals surface area contributed by atoms with Gasteiger partial charge in [-0.25, -0.2) is 18.7 Å². The Kier molecular flexibility index (Phi) is 4.96. The highest BCUT2D eigenvalue weighted by atomic mass is 19.4. The zero-order chi connectivity index (χ0) is 23.4. The molecule has 5 rings (SSSR count). The first-order valence-corrected chi connectivity index (χ1v) is 10.3. The molecule has 1 fully saturated rings. The van der Waals surface area contributed by atoms with Gasteiger partial charge in [0.2, 0.25) is 5.95 Å². The molecule has 0 saturated heterocycles. The molecule has 3 heterocycles. The van der Waals surface area contributed by atoms with Crippen LogP contribution in [0.4, 0.5) is 27.9 Å². The quantitative estimate of drug-likeness (QED) is 0.368. The summed E-state index contributed by atoms with van der Waals surface area (Å²) in [5.74, 6) is -2.83. The van der Waals surface area contributed by atoms with E-state index in [0.29, 0.717) is 45.8 Å². The van der Waals surface area contributed by atoms with Gasteiger partial charge in [0.15, 0.2) is 0 Å². The number of pyridine rings is 1. The Labute approximate surface area is 184 Å². The molecule has 0 unspecified atom stereocenters. The van der Waals surface area contributed by atoms with E-state index in [4.69, 9.17) is 5.73 Å². The van der Waals surface area contributed by atoms with Crippen molar-refractivity contribution in [1.29, 1.82) is 0 Å². The van der Waals surface area contributed by atoms with Crippen molar-refractivity contribution in [3.05, 3.63) is 48.5 Å². The maximum Gasteiger partial charge on any atom is 0.416 e. The van der Waals surface area contributed by atoms with Crippen LogP contribution in [0.15, 0.2) is 43.0 Å². The first-order chi connectivity index (χ1) is 15.6. The Bertz CT molecular complexity index is 1330. The largest absolute Gasteiger partial charge is 0.416 e. The van der Waals surface area contributed by atoms with E-state index in [2.05, 4.69) is 25.3 Å². The van der Waals surface area contributed by atoms with Crippen LogP contribution in [0.3, 0.4) is 0 Å². The summed E-state index contributed by atoms with van der Waals surface area (Å²) >= 11 is 0. The number of H-pyrrole nitrogens is 1. The summed E-state index contributed by atoms with van der Waals surface area (Å²) in [6.45, 7) is 0. The summed E-state index contributed by atoms with van der Waals surface area (Å²) in [6.07, 6.45) is 2.31. The third-order valence-electron chi connectivity index (χ3n) is 6.05. The summed E-state index contributed by atoms with van der Waals surface area (Å²) in [6, 6.07) is 1.41. The molecule has 0 bridgehead atoms. The molecule has 4 N–H and O–H groups in total. The van der Waals surface area contributed by atoms with Gasteiger partial charge < -0.3 is 16.0 Å². The molecule has 0 spiro atoms. The number of hydrogen-bond donors (Lipinski definition) is 3. The first kappa shape index (κ1) is 21.5. The van der Waals surface area contributed by atoms with Crippen LogP contribution in [-0.2, 0) is 6.18 Å². The fraction of sp³-hybridized carbons (Fsp3) is 0.318. The Morgan fingerprint density at radius 1 is 1.12 bits per heavy atom. The van der Waals surface area contributed by atoms with E-state index in [0.717, 1.165) is 12.1 Å². The molecule has 0 aliphatic heterocycles. The van der Waals surface area contributed by atoms with Crippen molar-refractivity contribution in [3.63, 3.8) is 0 Å². The van der Waals surface area contributed by atoms with Crippen LogP contribution in [-0.4, -0.2) is 37.9 Å². The number of anilines is 1. The molecule has 3 aromatic heterocycles. The average Bonchev–Trinajstić information content (AvgIpc) is 3.19. The lowest BCUT2D eigenvalue weighted by atomic mass is 9.87. The number of nitrogens with two attached hydrogens (primary N) is 1. The van der Waals surface area contributed by atoms with Crippen LogP contribution in [0.2, 0.25) is 0 Å². The highest BCUT2D eigenvalue weighted by Gasteiger charge is 2.44. The first-order valence-electron chi connectivity index (χ1n) is 10.3. The van der Waals surface area contributed by atoms with Crippen LogP contribution >= 0.6 is 0 Å². The normalized spacial score (nSPS) is 20.9. The Balaban J connectivity index is 1.55. The second kappa shape index (κ2) is 7.62. The molecule has 1 aliphatic carbocycles. The molecular formula is C22H19F5N6. The molecule has 0 radical (unpaired) electrons. The zero-order valence-electron chi connectivity index (χ0n) is 17.1. The molecule has 0 amide bonds. The third kappa shape index (κ3) is 3.86. The summed E-state index contributed by atoms with van der Waals surface area (Å²) in [5, 5.41) is 4.10. The second-order valence-electron chi connectivity index (χ2n) is 8.21. The minimum atomic E-state index is -4.45. The summed E-state index contributed by atoms with van der Waals surface area (Å²) in [7, 11) is 0. The zero-order valence-corrected chi connectivity index (χ0v) is 17.1. The van der Waals surface area contributed by atoms with Crippen molar-refractivity contribution in [1.82, 2.24) is 19.9 Å². The molecule has 33 heavy (non-hydrogen) atoms. The molecular weight excluding hydrogens is 443 g/mol. The number of benzene rings is 1. The molecule has 172 valence electrons. The predicted molar refractivity (Wildman–Crippen MR) is 114 cm³/mol. The van der Waals surface area contributed by atoms with Crippen molar-refractivity contribution in [2.24, 2.45) is 5.73 Å². The smallest absolute Gasteiger partial charge is 0.361 e. The number of halogens is 5. The fourth-order valence-corrected chi connectivity index (χ4v) is 4.27. The fourth-order valence-electron chi connectivity index (χ4n) is 4.27. The number of nitrogens with one attached hydrogen (secondary N) is 2. The van der Waals surface area contributed by atoms with Gasteiger partial charge in [-0.05, 0) is 25.0 Å². The minimum Gasteiger partial charge on any atom is -0.361 e. The Hall–Kier alpha value is -3.34. The maximum absolute atomic E-state index is 14.0. The summed E-state index contributed by atoms with van der Waals surface area (Å²) < 4.78 is 67.2. The van der Waals surface area contributed by atoms with Gasteiger partial charge in [0.1, 0.15) is 0 Å². The Morgan fingerprint density at radius 3 is 2.73 bits per heavy atom. The van der Waals surface area contributed by atoms with Gasteiger partial charge in [-0.2, -0.15) is 13.2 Å². The lowest BCUT2D eigenvalue weighted by Gasteiger charge is -2.35. The van der Waals surface area contributed by atoms with E-state index in [1.807, 2.05) is 0 Å². The molecule has 1 aromatic carbocycles. The second-order valence-corrected chi connectivity index (χ2v) is 8.21. The van der Waals surface area contributed by atoms with Crippen molar-refractivity contribution in [2.45, 2.75) is 43.4 Å². The third-order valence-corrected chi connectivity index (χ3v) is 6.05. The number of alkyl halides is 5. The van der Waals surface area contributed by atoms with E-state index in [1.54, 1.807) is 18.6 Å². The number of rotatable bonds is 3. The van der Waals surface area contributed by atoms with Gasteiger partial charge in [-0.3, -0.25) is 4.98 Å². The number of hydrogen-bond acceptors (Lipinski definition) is 5. The van der Waals surface area contributed by atoms with E-state index in [1.165, 1.54) is 12.3 Å². The van der Waals surface area contributed by atoms with Gasteiger partial charge in [-0.15, -0.1) is 0 Å². The minimum absolute atomic E-state index is 0.146. The van der Waals surface area contributed by atoms with Gasteiger partial charge in [-0.1, -0.05) is 6.07 Å². The van der Waals surface area contributed by atoms with Crippen LogP contribution < -0.4 is 11.1 Å². The lowest BCUT2D eigenvalue weighted by molar-refractivity contribution is -0.137. The van der Waals surface area contributed by atoms with Crippen LogP contribution in [0.5, 0.6) is 0 Å². The van der Waals surface area contributed by atoms with Crippen LogP contribution in [0.1, 0.15) is 24.8 Å². The standard InChI is InChI=1S/C22H19F5N6/c23-21(24)5-1-2-16(19(21)28)32-20-31-8-11-7-29-9-15(18(11)33-20)14-10-30-17-6-12(22(25,26)27)3-4-13(14)17/h3-4,6-10,16,19,30H,1-2,5,28H2,(H,31,32,33)/t16-,19-/m0/s1. The van der Waals surface area contributed by atoms with Crippen molar-refractivity contribution >= 4 is 27.8 Å². The summed E-state index contributed by atoms with van der Waals surface area (Å²) in [4.78, 5) is 15.8. The highest BCUT2D eigenvalue weighted by molar-refractivity contribution is 6.03. The lowest BCUT2D eigenvalue weighted by Crippen LogP contribution is -2.55. The van der Waals surface area contributed by atoms with E-state index < -0.39 is 29.7 Å². The topological polar surface area (TPSA) is 92.5 Å². The van der Waals surface area contributed by atoms with E-state index in [9.17, 15) is 22.0 Å². The number of nitrogens with zero attached hydrogens (tertiary/aromatic N) is 3. The molecule has 4 aromatic rings. The SMILES string of the molecule is N[C@H]1[C@@H](Nc2ncc3cncc(-c4c[nH]c5cc(C(F)(F)F)ccc45)c3n2)CCCC1(F)F. The number of aromatic nitrogens is 4. The average molecular weight is 462 g/mol. The molecule has 11 heteroatoms. The monoisotopic (exact) mass is 462 g/mol. The van der Waals surface area contributed by atoms with E-state index >= 15 is 0 Å². The van der Waals surface area contributed by atoms with Crippen LogP contribution in [0, 0.1) is 0 Å². The molecule has 1 saturated carbocycles. The van der Waals surface area contributed by atoms with E-state index in [-0.39, 0.29) is 12.4 Å². The van der Waals surface area contributed by atoms with Gasteiger partial charge in [0, 0.05) is 58.6 Å².